The quantitative estimate of drug-likeness (QED) is 0.715. The van der Waals surface area contributed by atoms with Crippen molar-refractivity contribution in [2.24, 2.45) is 11.8 Å². The van der Waals surface area contributed by atoms with Crippen molar-refractivity contribution in [3.63, 3.8) is 0 Å². The summed E-state index contributed by atoms with van der Waals surface area (Å²) in [7, 11) is 3.73. The molecule has 0 spiro atoms. The number of ether oxygens (including phenoxy) is 2. The van der Waals surface area contributed by atoms with Gasteiger partial charge in [0.2, 0.25) is 12.7 Å². The molecule has 1 aromatic rings. The van der Waals surface area contributed by atoms with Crippen LogP contribution in [0.4, 0.5) is 0 Å². The Morgan fingerprint density at radius 3 is 2.48 bits per heavy atom. The molecule has 4 rings (SSSR count). The van der Waals surface area contributed by atoms with Crippen LogP contribution in [-0.4, -0.2) is 56.2 Å². The number of nitrogens with zero attached hydrogens (tertiary/aromatic N) is 2. The molecule has 0 aromatic heterocycles. The molecule has 2 heterocycles. The van der Waals surface area contributed by atoms with Crippen molar-refractivity contribution in [3.05, 3.63) is 23.8 Å². The summed E-state index contributed by atoms with van der Waals surface area (Å²) in [5.41, 5.74) is 1.34. The number of para-hydroxylation sites is 1. The van der Waals surface area contributed by atoms with Crippen molar-refractivity contribution in [2.45, 2.75) is 57.3 Å². The fraction of sp³-hybridized carbons (Fsp3) is 0.708. The molecule has 1 amide bonds. The molecule has 1 aliphatic carbocycles. The lowest BCUT2D eigenvalue weighted by atomic mass is 9.79. The number of carbonyl (C=O) groups is 1. The number of hydrogen-bond acceptors (Lipinski definition) is 4. The summed E-state index contributed by atoms with van der Waals surface area (Å²) in [5.74, 6) is 4.23. The fourth-order valence-electron chi connectivity index (χ4n) is 5.26. The first kappa shape index (κ1) is 20.5. The van der Waals surface area contributed by atoms with E-state index in [1.165, 1.54) is 70.1 Å². The largest absolute Gasteiger partial charge is 0.454 e. The van der Waals surface area contributed by atoms with Gasteiger partial charge in [0.1, 0.15) is 0 Å². The Kier molecular flexibility index (Phi) is 6.63. The number of fused-ring (bicyclic) bond motifs is 1. The maximum absolute atomic E-state index is 11.9. The summed E-state index contributed by atoms with van der Waals surface area (Å²) < 4.78 is 11.3. The SMILES string of the molecule is CN(C)C(=O)CC1CCC(CCN2CCC(c3cccc4c3OCO4)CC2)CC1. The minimum Gasteiger partial charge on any atom is -0.454 e. The molecule has 1 saturated carbocycles. The number of carbonyl (C=O) groups excluding carboxylic acids is 1. The lowest BCUT2D eigenvalue weighted by Gasteiger charge is -2.34. The predicted molar refractivity (Wildman–Crippen MR) is 114 cm³/mol. The zero-order valence-electron chi connectivity index (χ0n) is 18.1. The molecular weight excluding hydrogens is 364 g/mol. The molecule has 0 atom stereocenters. The third kappa shape index (κ3) is 5.06. The third-order valence-electron chi connectivity index (χ3n) is 7.24. The summed E-state index contributed by atoms with van der Waals surface area (Å²) in [6.07, 6.45) is 9.53. The highest BCUT2D eigenvalue weighted by Crippen LogP contribution is 2.42. The van der Waals surface area contributed by atoms with Gasteiger partial charge in [0.15, 0.2) is 11.5 Å². The number of rotatable bonds is 6. The molecule has 1 saturated heterocycles. The molecule has 160 valence electrons. The minimum absolute atomic E-state index is 0.289. The van der Waals surface area contributed by atoms with Crippen LogP contribution in [0.5, 0.6) is 11.5 Å². The standard InChI is InChI=1S/C24H36N2O3/c1-25(2)23(27)16-19-8-6-18(7-9-19)10-13-26-14-11-20(12-15-26)21-4-3-5-22-24(21)29-17-28-22/h3-5,18-20H,6-17H2,1-2H3. The Morgan fingerprint density at radius 2 is 1.76 bits per heavy atom. The lowest BCUT2D eigenvalue weighted by molar-refractivity contribution is -0.130. The molecule has 0 radical (unpaired) electrons. The van der Waals surface area contributed by atoms with Crippen LogP contribution >= 0.6 is 0 Å². The lowest BCUT2D eigenvalue weighted by Crippen LogP contribution is -2.35. The first-order valence-electron chi connectivity index (χ1n) is 11.4. The Bertz CT molecular complexity index is 689. The van der Waals surface area contributed by atoms with Gasteiger partial charge in [0.25, 0.3) is 0 Å². The number of amides is 1. The summed E-state index contributed by atoms with van der Waals surface area (Å²) in [4.78, 5) is 16.3. The Morgan fingerprint density at radius 1 is 1.03 bits per heavy atom. The van der Waals surface area contributed by atoms with Gasteiger partial charge in [-0.15, -0.1) is 0 Å². The van der Waals surface area contributed by atoms with Crippen LogP contribution in [0.3, 0.4) is 0 Å². The van der Waals surface area contributed by atoms with Crippen LogP contribution in [0.25, 0.3) is 0 Å². The second-order valence-electron chi connectivity index (χ2n) is 9.36. The van der Waals surface area contributed by atoms with Crippen LogP contribution in [0.1, 0.15) is 62.8 Å². The van der Waals surface area contributed by atoms with Gasteiger partial charge in [-0.2, -0.15) is 0 Å². The van der Waals surface area contributed by atoms with E-state index in [0.29, 0.717) is 18.6 Å². The van der Waals surface area contributed by atoms with Crippen molar-refractivity contribution >= 4 is 5.91 Å². The normalized spacial score (nSPS) is 25.2. The maximum atomic E-state index is 11.9. The molecule has 5 heteroatoms. The highest BCUT2D eigenvalue weighted by atomic mass is 16.7. The molecule has 1 aromatic carbocycles. The third-order valence-corrected chi connectivity index (χ3v) is 7.24. The Labute approximate surface area is 175 Å². The van der Waals surface area contributed by atoms with Crippen LogP contribution < -0.4 is 9.47 Å². The van der Waals surface area contributed by atoms with E-state index in [1.54, 1.807) is 4.90 Å². The van der Waals surface area contributed by atoms with Crippen molar-refractivity contribution < 1.29 is 14.3 Å². The molecule has 5 nitrogen and oxygen atoms in total. The van der Waals surface area contributed by atoms with Gasteiger partial charge >= 0.3 is 0 Å². The van der Waals surface area contributed by atoms with E-state index in [1.807, 2.05) is 20.2 Å². The van der Waals surface area contributed by atoms with Gasteiger partial charge in [0.05, 0.1) is 0 Å². The second kappa shape index (κ2) is 9.38. The first-order chi connectivity index (χ1) is 14.1. The molecule has 29 heavy (non-hydrogen) atoms. The van der Waals surface area contributed by atoms with E-state index in [0.717, 1.165) is 23.8 Å². The van der Waals surface area contributed by atoms with Crippen molar-refractivity contribution in [2.75, 3.05) is 40.5 Å². The van der Waals surface area contributed by atoms with E-state index in [4.69, 9.17) is 9.47 Å². The van der Waals surface area contributed by atoms with Crippen molar-refractivity contribution in [1.82, 2.24) is 9.80 Å². The van der Waals surface area contributed by atoms with Gasteiger partial charge < -0.3 is 19.3 Å². The first-order valence-corrected chi connectivity index (χ1v) is 11.4. The zero-order chi connectivity index (χ0) is 20.2. The molecule has 0 unspecified atom stereocenters. The monoisotopic (exact) mass is 400 g/mol. The van der Waals surface area contributed by atoms with Gasteiger partial charge in [0, 0.05) is 26.1 Å². The van der Waals surface area contributed by atoms with Gasteiger partial charge in [-0.3, -0.25) is 4.79 Å². The fourth-order valence-corrected chi connectivity index (χ4v) is 5.26. The smallest absolute Gasteiger partial charge is 0.231 e. The highest BCUT2D eigenvalue weighted by Gasteiger charge is 2.28. The molecule has 2 fully saturated rings. The van der Waals surface area contributed by atoms with Crippen LogP contribution in [0.15, 0.2) is 18.2 Å². The van der Waals surface area contributed by atoms with E-state index in [9.17, 15) is 4.79 Å². The van der Waals surface area contributed by atoms with Crippen molar-refractivity contribution in [3.8, 4) is 11.5 Å². The zero-order valence-corrected chi connectivity index (χ0v) is 18.1. The second-order valence-corrected chi connectivity index (χ2v) is 9.36. The van der Waals surface area contributed by atoms with Crippen LogP contribution in [0, 0.1) is 11.8 Å². The number of hydrogen-bond donors (Lipinski definition) is 0. The van der Waals surface area contributed by atoms with Crippen molar-refractivity contribution in [1.29, 1.82) is 0 Å². The van der Waals surface area contributed by atoms with Gasteiger partial charge in [-0.25, -0.2) is 0 Å². The summed E-state index contributed by atoms with van der Waals surface area (Å²) in [5, 5.41) is 0. The van der Waals surface area contributed by atoms with E-state index in [-0.39, 0.29) is 5.91 Å². The summed E-state index contributed by atoms with van der Waals surface area (Å²) in [6.45, 7) is 3.95. The Balaban J connectivity index is 1.17. The molecular formula is C24H36N2O3. The molecule has 0 bridgehead atoms. The van der Waals surface area contributed by atoms with Crippen LogP contribution in [0.2, 0.25) is 0 Å². The Hall–Kier alpha value is -1.75. The molecule has 0 N–H and O–H groups in total. The maximum Gasteiger partial charge on any atom is 0.231 e. The van der Waals surface area contributed by atoms with E-state index in [2.05, 4.69) is 17.0 Å². The van der Waals surface area contributed by atoms with E-state index < -0.39 is 0 Å². The number of benzene rings is 1. The molecule has 2 aliphatic heterocycles. The average molecular weight is 401 g/mol. The van der Waals surface area contributed by atoms with Gasteiger partial charge in [-0.1, -0.05) is 25.0 Å². The number of likely N-dealkylation sites (tertiary alicyclic amines) is 1. The summed E-state index contributed by atoms with van der Waals surface area (Å²) >= 11 is 0. The van der Waals surface area contributed by atoms with Gasteiger partial charge in [-0.05, 0) is 75.6 Å². The minimum atomic E-state index is 0.289. The number of piperidine rings is 1. The van der Waals surface area contributed by atoms with E-state index >= 15 is 0 Å². The molecule has 3 aliphatic rings. The summed E-state index contributed by atoms with van der Waals surface area (Å²) in [6, 6.07) is 6.32. The van der Waals surface area contributed by atoms with Crippen LogP contribution in [-0.2, 0) is 4.79 Å². The predicted octanol–water partition coefficient (Wildman–Crippen LogP) is 4.27. The highest BCUT2D eigenvalue weighted by molar-refractivity contribution is 5.75. The topological polar surface area (TPSA) is 42.0 Å². The average Bonchev–Trinajstić information content (AvgIpc) is 3.22.